The second-order valence-corrected chi connectivity index (χ2v) is 20.8. The first kappa shape index (κ1) is 23.5. The lowest BCUT2D eigenvalue weighted by atomic mass is 10.4. The van der Waals surface area contributed by atoms with E-state index >= 15 is 0 Å². The third kappa shape index (κ3) is 11.7. The number of rotatable bonds is 13. The first-order chi connectivity index (χ1) is 10.5. The summed E-state index contributed by atoms with van der Waals surface area (Å²) in [5.74, 6) is 0. The predicted molar refractivity (Wildman–Crippen MR) is 112 cm³/mol. The Morgan fingerprint density at radius 1 is 0.696 bits per heavy atom. The number of hydrogen-bond acceptors (Lipinski definition) is 3. The monoisotopic (exact) mass is 377 g/mol. The Balaban J connectivity index is 4.43. The zero-order valence-corrected chi connectivity index (χ0v) is 20.4. The molecule has 0 saturated heterocycles. The maximum atomic E-state index is 6.66. The van der Waals surface area contributed by atoms with Crippen molar-refractivity contribution in [1.82, 2.24) is 4.90 Å². The van der Waals surface area contributed by atoms with Crippen LogP contribution in [0.5, 0.6) is 0 Å². The average molecular weight is 378 g/mol. The summed E-state index contributed by atoms with van der Waals surface area (Å²) < 4.78 is 13.3. The molecule has 0 radical (unpaired) electrons. The van der Waals surface area contributed by atoms with Crippen molar-refractivity contribution < 1.29 is 8.23 Å². The van der Waals surface area contributed by atoms with Gasteiger partial charge in [0.2, 0.25) is 0 Å². The fourth-order valence-electron chi connectivity index (χ4n) is 3.32. The van der Waals surface area contributed by atoms with E-state index in [2.05, 4.69) is 65.0 Å². The number of unbranched alkanes of at least 4 members (excludes halogenated alkanes) is 1. The molecule has 0 unspecified atom stereocenters. The van der Waals surface area contributed by atoms with E-state index in [9.17, 15) is 0 Å². The Hall–Kier alpha value is 0.531. The minimum atomic E-state index is -2.01. The van der Waals surface area contributed by atoms with Gasteiger partial charge in [-0.3, -0.25) is 0 Å². The van der Waals surface area contributed by atoms with Gasteiger partial charge in [-0.25, -0.2) is 0 Å². The van der Waals surface area contributed by atoms with E-state index in [1.165, 1.54) is 37.9 Å². The van der Waals surface area contributed by atoms with Gasteiger partial charge in [0.15, 0.2) is 16.6 Å². The quantitative estimate of drug-likeness (QED) is 0.386. The molecule has 0 saturated carbocycles. The lowest BCUT2D eigenvalue weighted by molar-refractivity contribution is 0.302. The molecule has 0 aromatic heterocycles. The summed E-state index contributed by atoms with van der Waals surface area (Å²) in [5.41, 5.74) is 0. The van der Waals surface area contributed by atoms with Crippen LogP contribution < -0.4 is 0 Å². The molecular formula is C17H43NO2Si3. The van der Waals surface area contributed by atoms with Crippen LogP contribution in [-0.4, -0.2) is 49.7 Å². The molecule has 0 aliphatic heterocycles. The van der Waals surface area contributed by atoms with Crippen molar-refractivity contribution in [2.75, 3.05) is 19.6 Å². The van der Waals surface area contributed by atoms with Crippen LogP contribution in [0.25, 0.3) is 0 Å². The van der Waals surface area contributed by atoms with Crippen LogP contribution >= 0.6 is 0 Å². The first-order valence-corrected chi connectivity index (χ1v) is 18.6. The van der Waals surface area contributed by atoms with E-state index in [0.717, 1.165) is 13.1 Å². The summed E-state index contributed by atoms with van der Waals surface area (Å²) in [5, 5.41) is 0. The third-order valence-corrected chi connectivity index (χ3v) is 15.8. The average Bonchev–Trinajstić information content (AvgIpc) is 2.38. The van der Waals surface area contributed by atoms with E-state index in [0.29, 0.717) is 0 Å². The van der Waals surface area contributed by atoms with E-state index in [1.807, 2.05) is 0 Å². The van der Waals surface area contributed by atoms with Crippen LogP contribution in [0.2, 0.25) is 51.4 Å². The molecule has 0 aromatic rings. The lowest BCUT2D eigenvalue weighted by Crippen LogP contribution is -2.52. The third-order valence-electron chi connectivity index (χ3n) is 4.32. The van der Waals surface area contributed by atoms with Gasteiger partial charge in [0.25, 0.3) is 0 Å². The Bertz CT molecular complexity index is 319. The molecule has 6 heteroatoms. The molecule has 0 aromatic carbocycles. The Kier molecular flexibility index (Phi) is 10.7. The minimum Gasteiger partial charge on any atom is -0.437 e. The van der Waals surface area contributed by atoms with E-state index in [4.69, 9.17) is 8.23 Å². The maximum absolute atomic E-state index is 6.66. The van der Waals surface area contributed by atoms with Crippen molar-refractivity contribution in [2.45, 2.75) is 91.4 Å². The molecule has 140 valence electrons. The molecule has 0 fully saturated rings. The molecule has 0 aliphatic carbocycles. The molecule has 0 aliphatic rings. The molecule has 0 bridgehead atoms. The molecule has 0 rings (SSSR count). The van der Waals surface area contributed by atoms with Crippen molar-refractivity contribution in [3.05, 3.63) is 0 Å². The van der Waals surface area contributed by atoms with Gasteiger partial charge in [0.1, 0.15) is 0 Å². The van der Waals surface area contributed by atoms with E-state index in [1.54, 1.807) is 0 Å². The summed E-state index contributed by atoms with van der Waals surface area (Å²) in [6.07, 6.45) is 3.80. The molecule has 23 heavy (non-hydrogen) atoms. The molecule has 0 heterocycles. The highest BCUT2D eigenvalue weighted by Crippen LogP contribution is 2.26. The molecular weight excluding hydrogens is 334 g/mol. The van der Waals surface area contributed by atoms with Crippen LogP contribution in [0.3, 0.4) is 0 Å². The van der Waals surface area contributed by atoms with Crippen molar-refractivity contribution in [3.63, 3.8) is 0 Å². The zero-order chi connectivity index (χ0) is 18.1. The summed E-state index contributed by atoms with van der Waals surface area (Å²) in [6, 6.07) is 2.49. The van der Waals surface area contributed by atoms with Crippen LogP contribution in [0, 0.1) is 0 Å². The molecule has 0 spiro atoms. The first-order valence-electron chi connectivity index (χ1n) is 9.59. The fraction of sp³-hybridized carbons (Fsp3) is 1.00. The van der Waals surface area contributed by atoms with Crippen LogP contribution in [0.15, 0.2) is 0 Å². The molecule has 3 nitrogen and oxygen atoms in total. The van der Waals surface area contributed by atoms with Gasteiger partial charge < -0.3 is 13.1 Å². The standard InChI is InChI=1S/C17H43NO2Si3/c1-10-13-16-21(4,5)19-23(8,9)20-22(6,7)17-14-15-18(11-2)12-3/h10-17H2,1-9H3. The highest BCUT2D eigenvalue weighted by Gasteiger charge is 2.39. The number of nitrogens with zero attached hydrogens (tertiary/aromatic N) is 1. The Morgan fingerprint density at radius 2 is 1.13 bits per heavy atom. The summed E-state index contributed by atoms with van der Waals surface area (Å²) >= 11 is 0. The largest absolute Gasteiger partial charge is 0.437 e. The van der Waals surface area contributed by atoms with Gasteiger partial charge in [0, 0.05) is 0 Å². The van der Waals surface area contributed by atoms with Crippen LogP contribution in [0.1, 0.15) is 40.0 Å². The predicted octanol–water partition coefficient (Wildman–Crippen LogP) is 5.66. The van der Waals surface area contributed by atoms with Gasteiger partial charge in [-0.15, -0.1) is 0 Å². The normalized spacial score (nSPS) is 13.8. The Labute approximate surface area is 149 Å². The van der Waals surface area contributed by atoms with Gasteiger partial charge >= 0.3 is 8.56 Å². The van der Waals surface area contributed by atoms with Gasteiger partial charge in [-0.1, -0.05) is 33.6 Å². The summed E-state index contributed by atoms with van der Waals surface area (Å²) in [6.45, 7) is 24.2. The minimum absolute atomic E-state index is 1.15. The highest BCUT2D eigenvalue weighted by atomic mass is 28.5. The highest BCUT2D eigenvalue weighted by molar-refractivity contribution is 6.87. The lowest BCUT2D eigenvalue weighted by Gasteiger charge is -2.39. The maximum Gasteiger partial charge on any atom is 0.311 e. The van der Waals surface area contributed by atoms with Crippen molar-refractivity contribution in [3.8, 4) is 0 Å². The second-order valence-electron chi connectivity index (χ2n) is 8.36. The van der Waals surface area contributed by atoms with E-state index in [-0.39, 0.29) is 0 Å². The smallest absolute Gasteiger partial charge is 0.311 e. The number of hydrogen-bond donors (Lipinski definition) is 0. The van der Waals surface area contributed by atoms with Gasteiger partial charge in [0.05, 0.1) is 0 Å². The fourth-order valence-corrected chi connectivity index (χ4v) is 17.5. The van der Waals surface area contributed by atoms with E-state index < -0.39 is 25.2 Å². The van der Waals surface area contributed by atoms with Gasteiger partial charge in [-0.2, -0.15) is 0 Å². The van der Waals surface area contributed by atoms with Crippen LogP contribution in [0.4, 0.5) is 0 Å². The molecule has 0 amide bonds. The van der Waals surface area contributed by atoms with Crippen LogP contribution in [-0.2, 0) is 8.23 Å². The SMILES string of the molecule is CCCC[Si](C)(C)O[Si](C)(C)O[Si](C)(C)CCCN(CC)CC. The Morgan fingerprint density at radius 3 is 1.52 bits per heavy atom. The second kappa shape index (κ2) is 10.5. The van der Waals surface area contributed by atoms with Gasteiger partial charge in [-0.05, 0) is 77.4 Å². The van der Waals surface area contributed by atoms with Crippen molar-refractivity contribution in [1.29, 1.82) is 0 Å². The topological polar surface area (TPSA) is 21.7 Å². The summed E-state index contributed by atoms with van der Waals surface area (Å²) in [4.78, 5) is 2.50. The summed E-state index contributed by atoms with van der Waals surface area (Å²) in [7, 11) is -5.21. The van der Waals surface area contributed by atoms with Crippen molar-refractivity contribution >= 4 is 25.2 Å². The molecule has 0 atom stereocenters. The zero-order valence-electron chi connectivity index (χ0n) is 17.4. The molecule has 0 N–H and O–H groups in total. The van der Waals surface area contributed by atoms with Crippen molar-refractivity contribution in [2.24, 2.45) is 0 Å².